The van der Waals surface area contributed by atoms with Crippen molar-refractivity contribution < 1.29 is 13.7 Å². The summed E-state index contributed by atoms with van der Waals surface area (Å²) in [6.45, 7) is 2.60. The first-order chi connectivity index (χ1) is 12.0. The first kappa shape index (κ1) is 17.8. The van der Waals surface area contributed by atoms with Crippen LogP contribution in [0.15, 0.2) is 53.4 Å². The average Bonchev–Trinajstić information content (AvgIpc) is 2.62. The fourth-order valence-corrected chi connectivity index (χ4v) is 3.67. The molecule has 25 heavy (non-hydrogen) atoms. The number of fused-ring (bicyclic) bond motifs is 1. The van der Waals surface area contributed by atoms with Crippen LogP contribution in [0.4, 0.5) is 0 Å². The van der Waals surface area contributed by atoms with Crippen molar-refractivity contribution in [1.82, 2.24) is 5.32 Å². The van der Waals surface area contributed by atoms with Gasteiger partial charge in [-0.3, -0.25) is 9.00 Å². The monoisotopic (exact) mass is 357 g/mol. The Hall–Kier alpha value is -1.98. The molecule has 5 heteroatoms. The van der Waals surface area contributed by atoms with Crippen LogP contribution in [-0.2, 0) is 26.8 Å². The highest BCUT2D eigenvalue weighted by molar-refractivity contribution is 7.84. The number of nitrogens with one attached hydrogen (secondary N) is 1. The molecule has 132 valence electrons. The number of ether oxygens (including phenoxy) is 1. The molecule has 0 aliphatic carbocycles. The minimum Gasteiger partial charge on any atom is -0.373 e. The van der Waals surface area contributed by atoms with E-state index in [1.54, 1.807) is 6.26 Å². The third-order valence-corrected chi connectivity index (χ3v) is 5.49. The summed E-state index contributed by atoms with van der Waals surface area (Å²) in [5.41, 5.74) is 3.38. The molecule has 1 heterocycles. The quantitative estimate of drug-likeness (QED) is 0.893. The lowest BCUT2D eigenvalue weighted by Crippen LogP contribution is -2.29. The minimum absolute atomic E-state index is 0.0302. The van der Waals surface area contributed by atoms with E-state index in [2.05, 4.69) is 11.4 Å². The molecule has 1 N–H and O–H groups in total. The van der Waals surface area contributed by atoms with Gasteiger partial charge in [0, 0.05) is 22.0 Å². The summed E-state index contributed by atoms with van der Waals surface area (Å²) in [5, 5.41) is 3.03. The van der Waals surface area contributed by atoms with Gasteiger partial charge in [0.25, 0.3) is 0 Å². The van der Waals surface area contributed by atoms with Gasteiger partial charge >= 0.3 is 0 Å². The van der Waals surface area contributed by atoms with Crippen LogP contribution < -0.4 is 5.32 Å². The molecule has 4 nitrogen and oxygen atoms in total. The zero-order chi connectivity index (χ0) is 17.8. The summed E-state index contributed by atoms with van der Waals surface area (Å²) >= 11 is 0. The predicted octanol–water partition coefficient (Wildman–Crippen LogP) is 3.31. The zero-order valence-electron chi connectivity index (χ0n) is 14.5. The highest BCUT2D eigenvalue weighted by atomic mass is 32.2. The summed E-state index contributed by atoms with van der Waals surface area (Å²) in [4.78, 5) is 13.2. The Kier molecular flexibility index (Phi) is 5.66. The molecule has 0 aromatic heterocycles. The highest BCUT2D eigenvalue weighted by Gasteiger charge is 2.23. The topological polar surface area (TPSA) is 55.4 Å². The molecule has 3 atom stereocenters. The number of carbonyl (C=O) groups excluding carboxylic acids is 1. The smallest absolute Gasteiger partial charge is 0.223 e. The predicted molar refractivity (Wildman–Crippen MR) is 98.8 cm³/mol. The molecule has 3 rings (SSSR count). The molecule has 1 aliphatic rings. The zero-order valence-corrected chi connectivity index (χ0v) is 15.3. The van der Waals surface area contributed by atoms with Crippen molar-refractivity contribution in [3.8, 4) is 0 Å². The molecule has 2 aromatic rings. The fourth-order valence-electron chi connectivity index (χ4n) is 3.15. The van der Waals surface area contributed by atoms with E-state index in [-0.39, 0.29) is 18.1 Å². The summed E-state index contributed by atoms with van der Waals surface area (Å²) in [6, 6.07) is 15.6. The highest BCUT2D eigenvalue weighted by Crippen LogP contribution is 2.29. The number of benzene rings is 2. The van der Waals surface area contributed by atoms with E-state index in [9.17, 15) is 9.00 Å². The number of carbonyl (C=O) groups is 1. The van der Waals surface area contributed by atoms with E-state index in [4.69, 9.17) is 4.74 Å². The van der Waals surface area contributed by atoms with Crippen LogP contribution in [0.3, 0.4) is 0 Å². The summed E-state index contributed by atoms with van der Waals surface area (Å²) in [5.74, 6) is -0.0302. The van der Waals surface area contributed by atoms with Crippen LogP contribution >= 0.6 is 0 Å². The molecule has 0 saturated heterocycles. The van der Waals surface area contributed by atoms with Crippen molar-refractivity contribution in [2.75, 3.05) is 12.9 Å². The third-order valence-electron chi connectivity index (χ3n) is 4.55. The third kappa shape index (κ3) is 4.35. The van der Waals surface area contributed by atoms with Crippen molar-refractivity contribution in [1.29, 1.82) is 0 Å². The van der Waals surface area contributed by atoms with Crippen LogP contribution in [0.2, 0.25) is 0 Å². The van der Waals surface area contributed by atoms with Crippen molar-refractivity contribution in [3.05, 3.63) is 65.2 Å². The standard InChI is InChI=1S/C20H23NO3S/c1-14(15-7-9-17(10-8-15)25(2)23)21-20(22)13-19-18-6-4-3-5-16(18)11-12-24-19/h3-10,14,19H,11-13H2,1-2H3,(H,21,22). The van der Waals surface area contributed by atoms with E-state index in [1.807, 2.05) is 49.4 Å². The average molecular weight is 357 g/mol. The molecule has 1 amide bonds. The molecule has 1 aliphatic heterocycles. The molecule has 0 saturated carbocycles. The van der Waals surface area contributed by atoms with Crippen molar-refractivity contribution in [2.24, 2.45) is 0 Å². The normalized spacial score (nSPS) is 18.9. The summed E-state index contributed by atoms with van der Waals surface area (Å²) in [7, 11) is -0.991. The number of hydrogen-bond acceptors (Lipinski definition) is 3. The molecule has 0 fully saturated rings. The van der Waals surface area contributed by atoms with Gasteiger partial charge in [0.05, 0.1) is 25.2 Å². The Morgan fingerprint density at radius 2 is 1.96 bits per heavy atom. The Balaban J connectivity index is 1.62. The second-order valence-corrected chi connectivity index (χ2v) is 7.70. The molecular formula is C20H23NO3S. The van der Waals surface area contributed by atoms with Gasteiger partial charge in [-0.15, -0.1) is 0 Å². The van der Waals surface area contributed by atoms with Crippen molar-refractivity contribution in [2.45, 2.75) is 36.8 Å². The maximum absolute atomic E-state index is 12.4. The lowest BCUT2D eigenvalue weighted by atomic mass is 9.95. The first-order valence-electron chi connectivity index (χ1n) is 8.46. The van der Waals surface area contributed by atoms with Gasteiger partial charge in [-0.25, -0.2) is 0 Å². The fraction of sp³-hybridized carbons (Fsp3) is 0.350. The van der Waals surface area contributed by atoms with Crippen LogP contribution in [0.5, 0.6) is 0 Å². The van der Waals surface area contributed by atoms with E-state index in [0.717, 1.165) is 22.4 Å². The molecule has 0 spiro atoms. The maximum atomic E-state index is 12.4. The van der Waals surface area contributed by atoms with Gasteiger partial charge in [0.1, 0.15) is 0 Å². The second-order valence-electron chi connectivity index (χ2n) is 6.32. The van der Waals surface area contributed by atoms with Crippen LogP contribution in [0.1, 0.15) is 42.2 Å². The lowest BCUT2D eigenvalue weighted by molar-refractivity contribution is -0.125. The first-order valence-corrected chi connectivity index (χ1v) is 10.0. The Labute approximate surface area is 151 Å². The second kappa shape index (κ2) is 7.93. The molecule has 0 bridgehead atoms. The van der Waals surface area contributed by atoms with Gasteiger partial charge in [-0.2, -0.15) is 0 Å². The number of rotatable bonds is 5. The van der Waals surface area contributed by atoms with Crippen LogP contribution in [0.25, 0.3) is 0 Å². The molecule has 2 aromatic carbocycles. The van der Waals surface area contributed by atoms with Crippen LogP contribution in [0, 0.1) is 0 Å². The molecule has 0 radical (unpaired) electrons. The van der Waals surface area contributed by atoms with E-state index < -0.39 is 10.8 Å². The Morgan fingerprint density at radius 3 is 2.68 bits per heavy atom. The summed E-state index contributed by atoms with van der Waals surface area (Å²) in [6.07, 6.45) is 2.69. The van der Waals surface area contributed by atoms with E-state index in [0.29, 0.717) is 13.0 Å². The molecule has 3 unspecified atom stereocenters. The number of hydrogen-bond donors (Lipinski definition) is 1. The van der Waals surface area contributed by atoms with Crippen molar-refractivity contribution >= 4 is 16.7 Å². The SMILES string of the molecule is CC(NC(=O)CC1OCCc2ccccc21)c1ccc(S(C)=O)cc1. The Morgan fingerprint density at radius 1 is 1.24 bits per heavy atom. The lowest BCUT2D eigenvalue weighted by Gasteiger charge is -2.26. The van der Waals surface area contributed by atoms with Gasteiger partial charge in [-0.05, 0) is 42.2 Å². The van der Waals surface area contributed by atoms with Gasteiger partial charge in [0.15, 0.2) is 0 Å². The van der Waals surface area contributed by atoms with Crippen LogP contribution in [-0.4, -0.2) is 23.0 Å². The minimum atomic E-state index is -0.991. The summed E-state index contributed by atoms with van der Waals surface area (Å²) < 4.78 is 17.3. The molecular weight excluding hydrogens is 334 g/mol. The van der Waals surface area contributed by atoms with Gasteiger partial charge in [0.2, 0.25) is 5.91 Å². The largest absolute Gasteiger partial charge is 0.373 e. The van der Waals surface area contributed by atoms with E-state index in [1.165, 1.54) is 5.56 Å². The van der Waals surface area contributed by atoms with Gasteiger partial charge < -0.3 is 10.1 Å². The Bertz CT molecular complexity index is 773. The van der Waals surface area contributed by atoms with Gasteiger partial charge in [-0.1, -0.05) is 36.4 Å². The maximum Gasteiger partial charge on any atom is 0.223 e. The number of amides is 1. The van der Waals surface area contributed by atoms with Crippen molar-refractivity contribution in [3.63, 3.8) is 0 Å². The van der Waals surface area contributed by atoms with E-state index >= 15 is 0 Å².